The van der Waals surface area contributed by atoms with Gasteiger partial charge in [-0.05, 0) is 31.0 Å². The van der Waals surface area contributed by atoms with Crippen LogP contribution in [0.5, 0.6) is 5.75 Å². The molecule has 1 fully saturated rings. The summed E-state index contributed by atoms with van der Waals surface area (Å²) in [7, 11) is 1.71. The quantitative estimate of drug-likeness (QED) is 0.836. The Kier molecular flexibility index (Phi) is 4.75. The number of rotatable bonds is 3. The SMILES string of the molecule is COc1cccc(SC2CCCCCC2N)c1. The number of hydrogen-bond acceptors (Lipinski definition) is 3. The average Bonchev–Trinajstić information content (AvgIpc) is 2.55. The Hall–Kier alpha value is -0.670. The van der Waals surface area contributed by atoms with Crippen molar-refractivity contribution in [3.8, 4) is 5.75 Å². The first-order valence-corrected chi connectivity index (χ1v) is 7.24. The van der Waals surface area contributed by atoms with Gasteiger partial charge in [-0.1, -0.05) is 25.3 Å². The zero-order valence-corrected chi connectivity index (χ0v) is 11.2. The van der Waals surface area contributed by atoms with Crippen LogP contribution in [0, 0.1) is 0 Å². The maximum atomic E-state index is 6.25. The highest BCUT2D eigenvalue weighted by Gasteiger charge is 2.21. The topological polar surface area (TPSA) is 35.2 Å². The van der Waals surface area contributed by atoms with Gasteiger partial charge in [0.15, 0.2) is 0 Å². The lowest BCUT2D eigenvalue weighted by Crippen LogP contribution is -2.31. The Balaban J connectivity index is 2.02. The predicted molar refractivity (Wildman–Crippen MR) is 73.7 cm³/mol. The predicted octanol–water partition coefficient (Wildman–Crippen LogP) is 3.45. The third kappa shape index (κ3) is 3.65. The molecule has 0 amide bonds. The van der Waals surface area contributed by atoms with Gasteiger partial charge in [-0.15, -0.1) is 11.8 Å². The van der Waals surface area contributed by atoms with Crippen LogP contribution in [0.3, 0.4) is 0 Å². The van der Waals surface area contributed by atoms with Crippen LogP contribution < -0.4 is 10.5 Å². The van der Waals surface area contributed by atoms with Crippen LogP contribution in [0.25, 0.3) is 0 Å². The molecule has 3 heteroatoms. The van der Waals surface area contributed by atoms with Crippen molar-refractivity contribution in [1.29, 1.82) is 0 Å². The van der Waals surface area contributed by atoms with Gasteiger partial charge >= 0.3 is 0 Å². The van der Waals surface area contributed by atoms with E-state index in [1.54, 1.807) is 7.11 Å². The van der Waals surface area contributed by atoms with E-state index >= 15 is 0 Å². The molecule has 1 saturated carbocycles. The van der Waals surface area contributed by atoms with Gasteiger partial charge < -0.3 is 10.5 Å². The second-order valence-electron chi connectivity index (χ2n) is 4.64. The maximum absolute atomic E-state index is 6.25. The number of hydrogen-bond donors (Lipinski definition) is 1. The summed E-state index contributed by atoms with van der Waals surface area (Å²) in [6.45, 7) is 0. The van der Waals surface area contributed by atoms with Crippen molar-refractivity contribution >= 4 is 11.8 Å². The van der Waals surface area contributed by atoms with Crippen molar-refractivity contribution in [1.82, 2.24) is 0 Å². The summed E-state index contributed by atoms with van der Waals surface area (Å²) in [5, 5.41) is 0.560. The molecule has 2 rings (SSSR count). The minimum absolute atomic E-state index is 0.341. The molecule has 0 aromatic heterocycles. The Morgan fingerprint density at radius 3 is 2.88 bits per heavy atom. The van der Waals surface area contributed by atoms with E-state index in [-0.39, 0.29) is 0 Å². The Morgan fingerprint density at radius 1 is 1.24 bits per heavy atom. The van der Waals surface area contributed by atoms with Gasteiger partial charge in [0.2, 0.25) is 0 Å². The Bertz CT molecular complexity index is 356. The van der Waals surface area contributed by atoms with Crippen LogP contribution in [-0.4, -0.2) is 18.4 Å². The first kappa shape index (κ1) is 12.8. The van der Waals surface area contributed by atoms with Crippen molar-refractivity contribution in [2.45, 2.75) is 48.3 Å². The van der Waals surface area contributed by atoms with E-state index in [2.05, 4.69) is 12.1 Å². The van der Waals surface area contributed by atoms with E-state index in [1.165, 1.54) is 37.0 Å². The maximum Gasteiger partial charge on any atom is 0.119 e. The number of benzene rings is 1. The Morgan fingerprint density at radius 2 is 2.06 bits per heavy atom. The summed E-state index contributed by atoms with van der Waals surface area (Å²) in [5.74, 6) is 0.928. The summed E-state index contributed by atoms with van der Waals surface area (Å²) in [4.78, 5) is 1.27. The smallest absolute Gasteiger partial charge is 0.119 e. The van der Waals surface area contributed by atoms with E-state index in [0.717, 1.165) is 5.75 Å². The zero-order valence-electron chi connectivity index (χ0n) is 10.4. The lowest BCUT2D eigenvalue weighted by Gasteiger charge is -2.20. The summed E-state index contributed by atoms with van der Waals surface area (Å²) in [6.07, 6.45) is 6.35. The highest BCUT2D eigenvalue weighted by molar-refractivity contribution is 8.00. The van der Waals surface area contributed by atoms with Gasteiger partial charge in [0.05, 0.1) is 7.11 Å². The van der Waals surface area contributed by atoms with E-state index in [1.807, 2.05) is 23.9 Å². The molecule has 0 heterocycles. The molecule has 1 aliphatic carbocycles. The highest BCUT2D eigenvalue weighted by Crippen LogP contribution is 2.33. The summed E-state index contributed by atoms with van der Waals surface area (Å²) < 4.78 is 5.25. The third-order valence-electron chi connectivity index (χ3n) is 3.33. The fraction of sp³-hybridized carbons (Fsp3) is 0.571. The van der Waals surface area contributed by atoms with Crippen LogP contribution in [-0.2, 0) is 0 Å². The van der Waals surface area contributed by atoms with Gasteiger partial charge in [-0.25, -0.2) is 0 Å². The first-order valence-electron chi connectivity index (χ1n) is 6.36. The second-order valence-corrected chi connectivity index (χ2v) is 5.95. The molecule has 17 heavy (non-hydrogen) atoms. The van der Waals surface area contributed by atoms with Gasteiger partial charge in [0.25, 0.3) is 0 Å². The van der Waals surface area contributed by atoms with E-state index in [0.29, 0.717) is 11.3 Å². The van der Waals surface area contributed by atoms with Crippen LogP contribution in [0.1, 0.15) is 32.1 Å². The van der Waals surface area contributed by atoms with Crippen molar-refractivity contribution in [3.05, 3.63) is 24.3 Å². The van der Waals surface area contributed by atoms with E-state index in [9.17, 15) is 0 Å². The number of thioether (sulfide) groups is 1. The molecule has 1 aromatic carbocycles. The Labute approximate surface area is 108 Å². The van der Waals surface area contributed by atoms with Crippen LogP contribution in [0.15, 0.2) is 29.2 Å². The average molecular weight is 251 g/mol. The van der Waals surface area contributed by atoms with Crippen molar-refractivity contribution in [2.24, 2.45) is 5.73 Å². The molecular formula is C14H21NOS. The van der Waals surface area contributed by atoms with Gasteiger partial charge in [-0.2, -0.15) is 0 Å². The molecule has 2 unspecified atom stereocenters. The monoisotopic (exact) mass is 251 g/mol. The number of ether oxygens (including phenoxy) is 1. The number of methoxy groups -OCH3 is 1. The van der Waals surface area contributed by atoms with Crippen molar-refractivity contribution in [2.75, 3.05) is 7.11 Å². The lowest BCUT2D eigenvalue weighted by molar-refractivity contribution is 0.413. The molecule has 0 aliphatic heterocycles. The van der Waals surface area contributed by atoms with Crippen molar-refractivity contribution in [3.63, 3.8) is 0 Å². The molecule has 2 atom stereocenters. The standard InChI is InChI=1S/C14H21NOS/c1-16-11-6-5-7-12(10-11)17-14-9-4-2-3-8-13(14)15/h5-7,10,13-14H,2-4,8-9,15H2,1H3. The highest BCUT2D eigenvalue weighted by atomic mass is 32.2. The van der Waals surface area contributed by atoms with Crippen molar-refractivity contribution < 1.29 is 4.74 Å². The summed E-state index contributed by atoms with van der Waals surface area (Å²) in [6, 6.07) is 8.61. The van der Waals surface area contributed by atoms with Gasteiger partial charge in [-0.3, -0.25) is 0 Å². The van der Waals surface area contributed by atoms with Crippen LogP contribution in [0.4, 0.5) is 0 Å². The molecule has 1 aliphatic rings. The second kappa shape index (κ2) is 6.31. The molecule has 0 saturated heterocycles. The minimum Gasteiger partial charge on any atom is -0.497 e. The summed E-state index contributed by atoms with van der Waals surface area (Å²) >= 11 is 1.91. The largest absolute Gasteiger partial charge is 0.497 e. The van der Waals surface area contributed by atoms with Gasteiger partial charge in [0.1, 0.15) is 5.75 Å². The van der Waals surface area contributed by atoms with Gasteiger partial charge in [0, 0.05) is 16.2 Å². The zero-order chi connectivity index (χ0) is 12.1. The molecule has 2 N–H and O–H groups in total. The van der Waals surface area contributed by atoms with Crippen LogP contribution in [0.2, 0.25) is 0 Å². The fourth-order valence-corrected chi connectivity index (χ4v) is 3.58. The molecule has 1 aromatic rings. The molecule has 94 valence electrons. The fourth-order valence-electron chi connectivity index (χ4n) is 2.30. The minimum atomic E-state index is 0.341. The van der Waals surface area contributed by atoms with E-state index in [4.69, 9.17) is 10.5 Å². The number of nitrogens with two attached hydrogens (primary N) is 1. The molecule has 0 radical (unpaired) electrons. The normalized spacial score (nSPS) is 25.3. The lowest BCUT2D eigenvalue weighted by atomic mass is 10.1. The van der Waals surface area contributed by atoms with Crippen LogP contribution >= 0.6 is 11.8 Å². The summed E-state index contributed by atoms with van der Waals surface area (Å²) in [5.41, 5.74) is 6.25. The molecule has 2 nitrogen and oxygen atoms in total. The molecule has 0 bridgehead atoms. The molecular weight excluding hydrogens is 230 g/mol. The third-order valence-corrected chi connectivity index (χ3v) is 4.75. The molecule has 0 spiro atoms. The van der Waals surface area contributed by atoms with E-state index < -0.39 is 0 Å². The first-order chi connectivity index (χ1) is 8.29.